The maximum Gasteiger partial charge on any atom is 0.338 e. The molecule has 0 amide bonds. The molecule has 6 aromatic rings. The van der Waals surface area contributed by atoms with Gasteiger partial charge >= 0.3 is 5.97 Å². The van der Waals surface area contributed by atoms with Gasteiger partial charge in [-0.15, -0.1) is 11.8 Å². The van der Waals surface area contributed by atoms with Gasteiger partial charge in [-0.25, -0.2) is 9.79 Å². The van der Waals surface area contributed by atoms with Crippen molar-refractivity contribution in [2.24, 2.45) is 4.99 Å². The first kappa shape index (κ1) is 33.3. The number of fused-ring (bicyclic) bond motifs is 1. The summed E-state index contributed by atoms with van der Waals surface area (Å²) in [6.07, 6.45) is 3.68. The molecule has 0 N–H and O–H groups in total. The van der Waals surface area contributed by atoms with Crippen LogP contribution in [0.1, 0.15) is 43.5 Å². The van der Waals surface area contributed by atoms with Crippen LogP contribution in [0.3, 0.4) is 0 Å². The number of hydrogen-bond acceptors (Lipinski definition) is 6. The van der Waals surface area contributed by atoms with Crippen molar-refractivity contribution in [3.8, 4) is 28.2 Å². The second-order valence-corrected chi connectivity index (χ2v) is 14.4. The number of nitrogens with zero attached hydrogens (tertiary/aromatic N) is 3. The normalized spacial score (nSPS) is 14.5. The third-order valence-corrected chi connectivity index (χ3v) is 10.5. The van der Waals surface area contributed by atoms with Gasteiger partial charge in [0, 0.05) is 16.1 Å². The first-order valence-corrected chi connectivity index (χ1v) is 18.6. The van der Waals surface area contributed by atoms with Gasteiger partial charge in [-0.3, -0.25) is 9.36 Å². The van der Waals surface area contributed by atoms with Crippen LogP contribution in [0.25, 0.3) is 34.3 Å². The highest BCUT2D eigenvalue weighted by molar-refractivity contribution is 7.98. The first-order chi connectivity index (χ1) is 24.2. The van der Waals surface area contributed by atoms with Crippen LogP contribution in [-0.4, -0.2) is 27.5 Å². The van der Waals surface area contributed by atoms with Crippen molar-refractivity contribution < 1.29 is 9.53 Å². The molecule has 7 rings (SSSR count). The standard InChI is InChI=1S/C42H37N3O3S2/c1-26(2)48-41(47)37-28(4)43-42-45(39(37)31-18-22-34(49-5)23-19-31)40(46)36(50-42)25-32-24-35(29-12-8-6-9-13-29)44(33-20-16-27(3)17-21-33)38(32)30-14-10-7-11-15-30/h6-26,39H,1-5H3/b36-25-/t39-/m0/s1. The maximum absolute atomic E-state index is 14.6. The predicted molar refractivity (Wildman–Crippen MR) is 205 cm³/mol. The lowest BCUT2D eigenvalue weighted by Gasteiger charge is -2.25. The fourth-order valence-electron chi connectivity index (χ4n) is 6.42. The fourth-order valence-corrected chi connectivity index (χ4v) is 7.86. The van der Waals surface area contributed by atoms with Crippen molar-refractivity contribution in [1.82, 2.24) is 9.13 Å². The largest absolute Gasteiger partial charge is 0.459 e. The van der Waals surface area contributed by atoms with Gasteiger partial charge in [-0.1, -0.05) is 102 Å². The zero-order valence-corrected chi connectivity index (χ0v) is 30.2. The lowest BCUT2D eigenvalue weighted by Crippen LogP contribution is -2.40. The Morgan fingerprint density at radius 2 is 1.52 bits per heavy atom. The van der Waals surface area contributed by atoms with Gasteiger partial charge in [-0.2, -0.15) is 0 Å². The molecule has 0 saturated heterocycles. The number of allylic oxidation sites excluding steroid dienone is 1. The summed E-state index contributed by atoms with van der Waals surface area (Å²) in [6.45, 7) is 7.55. The van der Waals surface area contributed by atoms with Crippen molar-refractivity contribution >= 4 is 35.1 Å². The first-order valence-electron chi connectivity index (χ1n) is 16.5. The second-order valence-electron chi connectivity index (χ2n) is 12.5. The Bertz CT molecular complexity index is 2400. The molecule has 0 spiro atoms. The van der Waals surface area contributed by atoms with Crippen LogP contribution in [0.5, 0.6) is 0 Å². The molecule has 0 aliphatic carbocycles. The Morgan fingerprint density at radius 3 is 2.14 bits per heavy atom. The van der Waals surface area contributed by atoms with Crippen molar-refractivity contribution in [2.75, 3.05) is 6.26 Å². The van der Waals surface area contributed by atoms with Gasteiger partial charge in [-0.05, 0) is 87.0 Å². The molecule has 1 aliphatic rings. The summed E-state index contributed by atoms with van der Waals surface area (Å²) in [5, 5.41) is 0. The molecule has 1 atom stereocenters. The Morgan fingerprint density at radius 1 is 0.880 bits per heavy atom. The highest BCUT2D eigenvalue weighted by Gasteiger charge is 2.34. The van der Waals surface area contributed by atoms with Gasteiger partial charge in [0.1, 0.15) is 0 Å². The van der Waals surface area contributed by atoms with E-state index in [1.165, 1.54) is 16.9 Å². The molecular weight excluding hydrogens is 659 g/mol. The number of esters is 1. The summed E-state index contributed by atoms with van der Waals surface area (Å²) >= 11 is 2.97. The van der Waals surface area contributed by atoms with E-state index < -0.39 is 12.0 Å². The molecule has 2 aromatic heterocycles. The van der Waals surface area contributed by atoms with Crippen LogP contribution in [0.15, 0.2) is 141 Å². The number of rotatable bonds is 8. The average molecular weight is 696 g/mol. The van der Waals surface area contributed by atoms with E-state index in [1.807, 2.05) is 93.8 Å². The predicted octanol–water partition coefficient (Wildman–Crippen LogP) is 8.34. The van der Waals surface area contributed by atoms with Gasteiger partial charge < -0.3 is 9.30 Å². The van der Waals surface area contributed by atoms with Crippen LogP contribution in [0.4, 0.5) is 0 Å². The topological polar surface area (TPSA) is 65.6 Å². The number of benzene rings is 4. The van der Waals surface area contributed by atoms with Crippen LogP contribution >= 0.6 is 23.1 Å². The van der Waals surface area contributed by atoms with E-state index in [0.717, 1.165) is 44.2 Å². The average Bonchev–Trinajstić information content (AvgIpc) is 3.65. The van der Waals surface area contributed by atoms with Gasteiger partial charge in [0.15, 0.2) is 4.80 Å². The Labute approximate surface area is 299 Å². The third-order valence-electron chi connectivity index (χ3n) is 8.74. The van der Waals surface area contributed by atoms with Crippen LogP contribution in [0, 0.1) is 6.92 Å². The SMILES string of the molecule is CSc1ccc([C@H]2C(C(=O)OC(C)C)=C(C)N=c3s/c(=C\c4cc(-c5ccccc5)n(-c5ccc(C)cc5)c4-c4ccccc4)c(=O)n32)cc1. The summed E-state index contributed by atoms with van der Waals surface area (Å²) in [6, 6.07) is 38.6. The summed E-state index contributed by atoms with van der Waals surface area (Å²) < 4.78 is 10.2. The number of carbonyl (C=O) groups excluding carboxylic acids is 1. The van der Waals surface area contributed by atoms with E-state index in [-0.39, 0.29) is 11.7 Å². The molecule has 8 heteroatoms. The number of thioether (sulfide) groups is 1. The number of thiazole rings is 1. The van der Waals surface area contributed by atoms with E-state index in [0.29, 0.717) is 20.6 Å². The number of hydrogen-bond donors (Lipinski definition) is 0. The number of ether oxygens (including phenoxy) is 1. The minimum atomic E-state index is -0.679. The molecule has 0 saturated carbocycles. The molecule has 1 aliphatic heterocycles. The third kappa shape index (κ3) is 6.32. The van der Waals surface area contributed by atoms with E-state index in [1.54, 1.807) is 16.3 Å². The van der Waals surface area contributed by atoms with Crippen molar-refractivity contribution in [3.63, 3.8) is 0 Å². The molecule has 6 nitrogen and oxygen atoms in total. The minimum absolute atomic E-state index is 0.210. The Hall–Kier alpha value is -5.18. The Balaban J connectivity index is 1.49. The highest BCUT2D eigenvalue weighted by atomic mass is 32.2. The smallest absolute Gasteiger partial charge is 0.338 e. The van der Waals surface area contributed by atoms with E-state index >= 15 is 0 Å². The monoisotopic (exact) mass is 695 g/mol. The zero-order chi connectivity index (χ0) is 34.9. The van der Waals surface area contributed by atoms with Crippen molar-refractivity contribution in [3.05, 3.63) is 163 Å². The Kier molecular flexibility index (Phi) is 9.31. The minimum Gasteiger partial charge on any atom is -0.459 e. The van der Waals surface area contributed by atoms with Crippen LogP contribution in [-0.2, 0) is 9.53 Å². The quantitative estimate of drug-likeness (QED) is 0.119. The van der Waals surface area contributed by atoms with E-state index in [2.05, 4.69) is 66.1 Å². The van der Waals surface area contributed by atoms with E-state index in [4.69, 9.17) is 9.73 Å². The summed E-state index contributed by atoms with van der Waals surface area (Å²) in [4.78, 5) is 34.7. The molecule has 0 unspecified atom stereocenters. The number of aryl methyl sites for hydroxylation is 1. The number of carbonyl (C=O) groups is 1. The van der Waals surface area contributed by atoms with Crippen molar-refractivity contribution in [1.29, 1.82) is 0 Å². The van der Waals surface area contributed by atoms with Gasteiger partial charge in [0.25, 0.3) is 5.56 Å². The number of aromatic nitrogens is 2. The summed E-state index contributed by atoms with van der Waals surface area (Å²) in [5.41, 5.74) is 8.69. The zero-order valence-electron chi connectivity index (χ0n) is 28.6. The lowest BCUT2D eigenvalue weighted by atomic mass is 9.96. The van der Waals surface area contributed by atoms with Crippen LogP contribution < -0.4 is 14.9 Å². The fraction of sp³-hybridized carbons (Fsp3) is 0.167. The molecule has 50 heavy (non-hydrogen) atoms. The van der Waals surface area contributed by atoms with Gasteiger partial charge in [0.05, 0.1) is 39.3 Å². The lowest BCUT2D eigenvalue weighted by molar-refractivity contribution is -0.143. The molecule has 3 heterocycles. The highest BCUT2D eigenvalue weighted by Crippen LogP contribution is 2.37. The molecule has 4 aromatic carbocycles. The summed E-state index contributed by atoms with van der Waals surface area (Å²) in [7, 11) is 0. The molecular formula is C42H37N3O3S2. The van der Waals surface area contributed by atoms with Gasteiger partial charge in [0.2, 0.25) is 0 Å². The van der Waals surface area contributed by atoms with Crippen LogP contribution in [0.2, 0.25) is 0 Å². The van der Waals surface area contributed by atoms with Crippen molar-refractivity contribution in [2.45, 2.75) is 44.7 Å². The molecule has 0 fully saturated rings. The molecule has 0 bridgehead atoms. The maximum atomic E-state index is 14.6. The summed E-state index contributed by atoms with van der Waals surface area (Å²) in [5.74, 6) is -0.469. The van der Waals surface area contributed by atoms with E-state index in [9.17, 15) is 9.59 Å². The molecule has 250 valence electrons. The molecule has 0 radical (unpaired) electrons. The second kappa shape index (κ2) is 14.0.